The zero-order valence-corrected chi connectivity index (χ0v) is 10.7. The number of carboxylic acid groups (broad SMARTS) is 1. The van der Waals surface area contributed by atoms with Crippen molar-refractivity contribution in [1.29, 1.82) is 0 Å². The first kappa shape index (κ1) is 14.0. The number of hydrogen-bond donors (Lipinski definition) is 2. The molecule has 0 heterocycles. The van der Waals surface area contributed by atoms with Crippen molar-refractivity contribution >= 4 is 11.7 Å². The average Bonchev–Trinajstić information content (AvgIpc) is 2.39. The second-order valence-corrected chi connectivity index (χ2v) is 4.46. The molecule has 0 radical (unpaired) electrons. The standard InChI is InChI=1S/C15H13F2NO2/c1-9-3-2-4-11(7-9)18-14(15(19)20)10-5-6-12(16)13(17)8-10/h2-8,14,18H,1H3,(H,19,20). The second-order valence-electron chi connectivity index (χ2n) is 4.46. The molecule has 5 heteroatoms. The van der Waals surface area contributed by atoms with Gasteiger partial charge in [0.2, 0.25) is 0 Å². The van der Waals surface area contributed by atoms with Gasteiger partial charge in [-0.1, -0.05) is 18.2 Å². The molecular formula is C15H13F2NO2. The molecule has 104 valence electrons. The molecule has 0 saturated heterocycles. The van der Waals surface area contributed by atoms with Crippen LogP contribution < -0.4 is 5.32 Å². The van der Waals surface area contributed by atoms with E-state index in [0.29, 0.717) is 5.69 Å². The molecule has 0 fully saturated rings. The number of rotatable bonds is 4. The van der Waals surface area contributed by atoms with E-state index in [-0.39, 0.29) is 5.56 Å². The van der Waals surface area contributed by atoms with Crippen LogP contribution in [0.3, 0.4) is 0 Å². The summed E-state index contributed by atoms with van der Waals surface area (Å²) in [5.41, 5.74) is 1.71. The summed E-state index contributed by atoms with van der Waals surface area (Å²) in [6, 6.07) is 9.04. The Hall–Kier alpha value is -2.43. The van der Waals surface area contributed by atoms with Gasteiger partial charge in [0, 0.05) is 5.69 Å². The Bertz CT molecular complexity index is 644. The number of aryl methyl sites for hydroxylation is 1. The van der Waals surface area contributed by atoms with Gasteiger partial charge in [-0.15, -0.1) is 0 Å². The van der Waals surface area contributed by atoms with Gasteiger partial charge >= 0.3 is 5.97 Å². The van der Waals surface area contributed by atoms with Gasteiger partial charge in [0.05, 0.1) is 0 Å². The van der Waals surface area contributed by atoms with Crippen molar-refractivity contribution in [3.8, 4) is 0 Å². The number of aliphatic carboxylic acids is 1. The first-order chi connectivity index (χ1) is 9.47. The Morgan fingerprint density at radius 3 is 2.50 bits per heavy atom. The highest BCUT2D eigenvalue weighted by atomic mass is 19.2. The summed E-state index contributed by atoms with van der Waals surface area (Å²) in [6.07, 6.45) is 0. The van der Waals surface area contributed by atoms with Crippen molar-refractivity contribution in [2.75, 3.05) is 5.32 Å². The monoisotopic (exact) mass is 277 g/mol. The summed E-state index contributed by atoms with van der Waals surface area (Å²) in [5, 5.41) is 12.0. The molecule has 1 unspecified atom stereocenters. The molecule has 0 saturated carbocycles. The predicted octanol–water partition coefficient (Wildman–Crippen LogP) is 3.51. The molecule has 0 aliphatic heterocycles. The van der Waals surface area contributed by atoms with Crippen molar-refractivity contribution < 1.29 is 18.7 Å². The Labute approximate surface area is 114 Å². The molecule has 0 aromatic heterocycles. The summed E-state index contributed by atoms with van der Waals surface area (Å²) in [7, 11) is 0. The van der Waals surface area contributed by atoms with Gasteiger partial charge in [0.15, 0.2) is 17.7 Å². The van der Waals surface area contributed by atoms with Crippen molar-refractivity contribution in [2.45, 2.75) is 13.0 Å². The molecule has 0 bridgehead atoms. The third-order valence-corrected chi connectivity index (χ3v) is 2.85. The molecule has 2 N–H and O–H groups in total. The smallest absolute Gasteiger partial charge is 0.330 e. The molecule has 0 spiro atoms. The highest BCUT2D eigenvalue weighted by Crippen LogP contribution is 2.22. The number of hydrogen-bond acceptors (Lipinski definition) is 2. The first-order valence-corrected chi connectivity index (χ1v) is 5.98. The number of carbonyl (C=O) groups is 1. The van der Waals surface area contributed by atoms with Gasteiger partial charge in [-0.3, -0.25) is 0 Å². The molecule has 1 atom stereocenters. The van der Waals surface area contributed by atoms with E-state index in [1.165, 1.54) is 6.07 Å². The third kappa shape index (κ3) is 3.12. The van der Waals surface area contributed by atoms with E-state index >= 15 is 0 Å². The van der Waals surface area contributed by atoms with Crippen molar-refractivity contribution in [3.63, 3.8) is 0 Å². The fourth-order valence-corrected chi connectivity index (χ4v) is 1.88. The summed E-state index contributed by atoms with van der Waals surface area (Å²) >= 11 is 0. The number of carboxylic acids is 1. The van der Waals surface area contributed by atoms with Gasteiger partial charge in [0.25, 0.3) is 0 Å². The fourth-order valence-electron chi connectivity index (χ4n) is 1.88. The highest BCUT2D eigenvalue weighted by Gasteiger charge is 2.21. The minimum atomic E-state index is -1.17. The van der Waals surface area contributed by atoms with Gasteiger partial charge in [-0.2, -0.15) is 0 Å². The predicted molar refractivity (Wildman–Crippen MR) is 71.5 cm³/mol. The largest absolute Gasteiger partial charge is 0.479 e. The van der Waals surface area contributed by atoms with Crippen molar-refractivity contribution in [1.82, 2.24) is 0 Å². The summed E-state index contributed by atoms with van der Waals surface area (Å²) in [4.78, 5) is 11.3. The van der Waals surface area contributed by atoms with E-state index in [4.69, 9.17) is 0 Å². The lowest BCUT2D eigenvalue weighted by molar-refractivity contribution is -0.138. The van der Waals surface area contributed by atoms with E-state index in [1.807, 2.05) is 13.0 Å². The highest BCUT2D eigenvalue weighted by molar-refractivity contribution is 5.79. The van der Waals surface area contributed by atoms with Gasteiger partial charge < -0.3 is 10.4 Å². The molecule has 0 aliphatic carbocycles. The van der Waals surface area contributed by atoms with E-state index in [0.717, 1.165) is 17.7 Å². The maximum Gasteiger partial charge on any atom is 0.330 e. The van der Waals surface area contributed by atoms with Crippen LogP contribution in [0.2, 0.25) is 0 Å². The Kier molecular flexibility index (Phi) is 3.98. The van der Waals surface area contributed by atoms with Crippen LogP contribution in [0.1, 0.15) is 17.2 Å². The fraction of sp³-hybridized carbons (Fsp3) is 0.133. The maximum atomic E-state index is 13.2. The zero-order valence-electron chi connectivity index (χ0n) is 10.7. The second kappa shape index (κ2) is 5.69. The number of nitrogens with one attached hydrogen (secondary N) is 1. The molecule has 2 rings (SSSR count). The van der Waals surface area contributed by atoms with Gasteiger partial charge in [-0.05, 0) is 42.3 Å². The van der Waals surface area contributed by atoms with Gasteiger partial charge in [-0.25, -0.2) is 13.6 Å². The third-order valence-electron chi connectivity index (χ3n) is 2.85. The van der Waals surface area contributed by atoms with Crippen LogP contribution in [-0.4, -0.2) is 11.1 Å². The average molecular weight is 277 g/mol. The minimum Gasteiger partial charge on any atom is -0.479 e. The summed E-state index contributed by atoms with van der Waals surface area (Å²) < 4.78 is 26.1. The Morgan fingerprint density at radius 1 is 1.15 bits per heavy atom. The lowest BCUT2D eigenvalue weighted by Crippen LogP contribution is -2.20. The quantitative estimate of drug-likeness (QED) is 0.899. The van der Waals surface area contributed by atoms with Crippen molar-refractivity contribution in [2.24, 2.45) is 0 Å². The SMILES string of the molecule is Cc1cccc(NC(C(=O)O)c2ccc(F)c(F)c2)c1. The van der Waals surface area contributed by atoms with E-state index in [1.54, 1.807) is 18.2 Å². The van der Waals surface area contributed by atoms with E-state index < -0.39 is 23.6 Å². The molecule has 2 aromatic carbocycles. The van der Waals surface area contributed by atoms with Crippen LogP contribution in [0.25, 0.3) is 0 Å². The maximum absolute atomic E-state index is 13.2. The van der Waals surface area contributed by atoms with Crippen LogP contribution >= 0.6 is 0 Å². The normalized spacial score (nSPS) is 11.9. The zero-order chi connectivity index (χ0) is 14.7. The van der Waals surface area contributed by atoms with E-state index in [2.05, 4.69) is 5.32 Å². The lowest BCUT2D eigenvalue weighted by Gasteiger charge is -2.16. The van der Waals surface area contributed by atoms with Crippen LogP contribution in [-0.2, 0) is 4.79 Å². The topological polar surface area (TPSA) is 49.3 Å². The Balaban J connectivity index is 2.32. The molecular weight excluding hydrogens is 264 g/mol. The summed E-state index contributed by atoms with van der Waals surface area (Å²) in [6.45, 7) is 1.87. The number of benzene rings is 2. The molecule has 0 amide bonds. The number of anilines is 1. The molecule has 20 heavy (non-hydrogen) atoms. The summed E-state index contributed by atoms with van der Waals surface area (Å²) in [5.74, 6) is -3.24. The van der Waals surface area contributed by atoms with E-state index in [9.17, 15) is 18.7 Å². The van der Waals surface area contributed by atoms with Crippen LogP contribution in [0.5, 0.6) is 0 Å². The van der Waals surface area contributed by atoms with Crippen LogP contribution in [0.4, 0.5) is 14.5 Å². The lowest BCUT2D eigenvalue weighted by atomic mass is 10.1. The van der Waals surface area contributed by atoms with Gasteiger partial charge in [0.1, 0.15) is 0 Å². The first-order valence-electron chi connectivity index (χ1n) is 5.98. The molecule has 3 nitrogen and oxygen atoms in total. The van der Waals surface area contributed by atoms with Crippen LogP contribution in [0, 0.1) is 18.6 Å². The minimum absolute atomic E-state index is 0.151. The Morgan fingerprint density at radius 2 is 1.90 bits per heavy atom. The molecule has 2 aromatic rings. The number of halogens is 2. The molecule has 0 aliphatic rings. The van der Waals surface area contributed by atoms with Crippen LogP contribution in [0.15, 0.2) is 42.5 Å². The van der Waals surface area contributed by atoms with Crippen molar-refractivity contribution in [3.05, 3.63) is 65.2 Å².